The zero-order valence-corrected chi connectivity index (χ0v) is 36.2. The third kappa shape index (κ3) is 9.48. The number of halogens is 1. The maximum Gasteiger partial charge on any atom is 0.281 e. The summed E-state index contributed by atoms with van der Waals surface area (Å²) in [7, 11) is 0. The van der Waals surface area contributed by atoms with Gasteiger partial charge in [0.2, 0.25) is 0 Å². The highest BCUT2D eigenvalue weighted by Gasteiger charge is 2.41. The lowest BCUT2D eigenvalue weighted by atomic mass is 9.59. The number of fused-ring (bicyclic) bond motifs is 1. The highest BCUT2D eigenvalue weighted by atomic mass is 35.5. The van der Waals surface area contributed by atoms with Crippen LogP contribution in [0.25, 0.3) is 16.6 Å². The van der Waals surface area contributed by atoms with Gasteiger partial charge in [-0.15, -0.1) is 0 Å². The van der Waals surface area contributed by atoms with E-state index in [4.69, 9.17) is 26.8 Å². The highest BCUT2D eigenvalue weighted by molar-refractivity contribution is 7.98. The van der Waals surface area contributed by atoms with Crippen LogP contribution in [0.5, 0.6) is 11.5 Å². The SMILES string of the molecule is Nc1cc(SNC(=O)c2ccc(N3CCN(CC4=C(c5ccc(Cl)cc5)CC5(CCC5)CC4)CC3)cc2Oc2cnc3[nH]ccc3c2)cc([N+](=O)[O-])c1C=NCC1CCOCC1. The van der Waals surface area contributed by atoms with Gasteiger partial charge in [0.25, 0.3) is 11.6 Å². The highest BCUT2D eigenvalue weighted by Crippen LogP contribution is 2.55. The number of carbonyl (C=O) groups is 1. The molecule has 2 saturated heterocycles. The lowest BCUT2D eigenvalue weighted by Gasteiger charge is -2.47. The van der Waals surface area contributed by atoms with Gasteiger partial charge >= 0.3 is 0 Å². The van der Waals surface area contributed by atoms with Gasteiger partial charge in [-0.25, -0.2) is 4.98 Å². The molecule has 0 atom stereocenters. The van der Waals surface area contributed by atoms with Gasteiger partial charge in [0.1, 0.15) is 17.1 Å². The zero-order chi connectivity index (χ0) is 42.6. The fourth-order valence-corrected chi connectivity index (χ4v) is 10.1. The Hall–Kier alpha value is -5.41. The minimum absolute atomic E-state index is 0.182. The molecule has 1 saturated carbocycles. The van der Waals surface area contributed by atoms with Crippen LogP contribution in [0.2, 0.25) is 5.02 Å². The largest absolute Gasteiger partial charge is 0.455 e. The first-order chi connectivity index (χ1) is 30.2. The number of aromatic amines is 1. The van der Waals surface area contributed by atoms with Gasteiger partial charge in [-0.3, -0.25) is 29.5 Å². The number of hydrogen-bond acceptors (Lipinski definition) is 11. The van der Waals surface area contributed by atoms with Gasteiger partial charge in [-0.1, -0.05) is 35.7 Å². The van der Waals surface area contributed by atoms with Crippen molar-refractivity contribution in [2.45, 2.75) is 56.3 Å². The number of rotatable bonds is 13. The number of piperazine rings is 1. The quantitative estimate of drug-likeness (QED) is 0.0341. The molecule has 9 rings (SSSR count). The molecule has 2 aliphatic heterocycles. The monoisotopic (exact) mass is 874 g/mol. The van der Waals surface area contributed by atoms with E-state index >= 15 is 0 Å². The summed E-state index contributed by atoms with van der Waals surface area (Å²) in [5, 5.41) is 13.8. The van der Waals surface area contributed by atoms with Crippen LogP contribution in [0, 0.1) is 21.4 Å². The normalized spacial score (nSPS) is 18.4. The number of anilines is 2. The van der Waals surface area contributed by atoms with E-state index in [-0.39, 0.29) is 16.9 Å². The molecule has 15 heteroatoms. The lowest BCUT2D eigenvalue weighted by molar-refractivity contribution is -0.385. The Morgan fingerprint density at radius 1 is 1.08 bits per heavy atom. The van der Waals surface area contributed by atoms with Crippen LogP contribution in [-0.2, 0) is 4.74 Å². The Balaban J connectivity index is 0.903. The summed E-state index contributed by atoms with van der Waals surface area (Å²) in [5.41, 5.74) is 13.4. The van der Waals surface area contributed by atoms with Crippen molar-refractivity contribution in [1.82, 2.24) is 19.6 Å². The molecule has 4 aliphatic rings. The summed E-state index contributed by atoms with van der Waals surface area (Å²) in [6.45, 7) is 6.36. The number of H-pyrrole nitrogens is 1. The maximum atomic E-state index is 13.9. The van der Waals surface area contributed by atoms with E-state index in [9.17, 15) is 14.9 Å². The Morgan fingerprint density at radius 2 is 1.89 bits per heavy atom. The number of nitrogen functional groups attached to an aromatic ring is 1. The van der Waals surface area contributed by atoms with Crippen LogP contribution in [-0.4, -0.2) is 84.4 Å². The van der Waals surface area contributed by atoms with Gasteiger partial charge < -0.3 is 25.1 Å². The summed E-state index contributed by atoms with van der Waals surface area (Å²) >= 11 is 7.24. The predicted octanol–water partition coefficient (Wildman–Crippen LogP) is 9.71. The van der Waals surface area contributed by atoms with Crippen LogP contribution in [0.3, 0.4) is 0 Å². The van der Waals surface area contributed by atoms with Gasteiger partial charge in [0.15, 0.2) is 0 Å². The second kappa shape index (κ2) is 18.5. The molecule has 2 aromatic heterocycles. The van der Waals surface area contributed by atoms with Crippen molar-refractivity contribution >= 4 is 69.3 Å². The number of allylic oxidation sites excluding steroid dienone is 1. The minimum atomic E-state index is -0.478. The number of hydrogen-bond donors (Lipinski definition) is 3. The van der Waals surface area contributed by atoms with Gasteiger partial charge in [-0.05, 0) is 122 Å². The molecule has 3 aromatic carbocycles. The van der Waals surface area contributed by atoms with Gasteiger partial charge in [-0.2, -0.15) is 0 Å². The summed E-state index contributed by atoms with van der Waals surface area (Å²) in [6, 6.07) is 20.8. The predicted molar refractivity (Wildman–Crippen MR) is 247 cm³/mol. The lowest BCUT2D eigenvalue weighted by Crippen LogP contribution is -2.47. The number of carbonyl (C=O) groups excluding carboxylic acids is 1. The van der Waals surface area contributed by atoms with Gasteiger partial charge in [0.05, 0.1) is 22.2 Å². The Bertz CT molecular complexity index is 2510. The smallest absolute Gasteiger partial charge is 0.281 e. The first-order valence-electron chi connectivity index (χ1n) is 21.5. The number of nitrogens with one attached hydrogen (secondary N) is 2. The fraction of sp³-hybridized carbons (Fsp3) is 0.383. The second-order valence-corrected chi connectivity index (χ2v) is 18.4. The van der Waals surface area contributed by atoms with E-state index < -0.39 is 10.8 Å². The van der Waals surface area contributed by atoms with Crippen molar-refractivity contribution in [3.05, 3.63) is 117 Å². The van der Waals surface area contributed by atoms with Crippen molar-refractivity contribution in [2.75, 3.05) is 63.1 Å². The molecule has 62 heavy (non-hydrogen) atoms. The van der Waals surface area contributed by atoms with Crippen LogP contribution in [0.1, 0.15) is 72.9 Å². The van der Waals surface area contributed by atoms with E-state index in [2.05, 4.69) is 41.6 Å². The van der Waals surface area contributed by atoms with Crippen molar-refractivity contribution in [1.29, 1.82) is 0 Å². The van der Waals surface area contributed by atoms with E-state index in [0.29, 0.717) is 53.0 Å². The molecular weight excluding hydrogens is 824 g/mol. The Kier molecular flexibility index (Phi) is 12.5. The standard InChI is InChI=1S/C47H51ClN8O5S/c48-35-4-2-32(3-5-35)40-26-47(12-1-13-47)14-8-34(40)30-54-16-18-55(19-17-54)36-6-7-39(44(23-36)61-37-22-33-9-15-51-45(33)52-28-37)46(57)53-62-38-24-42(49)41(43(25-38)56(58)59)29-50-27-31-10-20-60-21-11-31/h2-7,9,15,22-25,28-29,31H,1,8,10-14,16-21,26-27,30,49H2,(H,51,52)(H,53,57). The number of pyridine rings is 1. The molecule has 4 N–H and O–H groups in total. The molecule has 0 bridgehead atoms. The molecule has 13 nitrogen and oxygen atoms in total. The molecule has 0 unspecified atom stereocenters. The topological polar surface area (TPSA) is 164 Å². The first-order valence-corrected chi connectivity index (χ1v) is 22.7. The minimum Gasteiger partial charge on any atom is -0.455 e. The van der Waals surface area contributed by atoms with Crippen molar-refractivity contribution in [3.8, 4) is 11.5 Å². The molecule has 5 aromatic rings. The molecular formula is C47H51ClN8O5S. The summed E-state index contributed by atoms with van der Waals surface area (Å²) in [6.07, 6.45) is 14.3. The van der Waals surface area contributed by atoms with E-state index in [1.54, 1.807) is 23.9 Å². The van der Waals surface area contributed by atoms with Crippen molar-refractivity contribution < 1.29 is 19.2 Å². The number of nitro benzene ring substituents is 1. The first kappa shape index (κ1) is 41.9. The summed E-state index contributed by atoms with van der Waals surface area (Å²) in [4.78, 5) is 43.0. The fourth-order valence-electron chi connectivity index (χ4n) is 9.27. The number of nitrogens with zero attached hydrogens (tertiary/aromatic N) is 5. The number of amides is 1. The Labute approximate surface area is 370 Å². The number of benzene rings is 3. The average molecular weight is 875 g/mol. The molecule has 2 aliphatic carbocycles. The van der Waals surface area contributed by atoms with Crippen LogP contribution >= 0.6 is 23.5 Å². The van der Waals surface area contributed by atoms with Gasteiger partial charge in [0, 0.05) is 104 Å². The third-order valence-electron chi connectivity index (χ3n) is 13.1. The summed E-state index contributed by atoms with van der Waals surface area (Å²) in [5.74, 6) is 0.794. The van der Waals surface area contributed by atoms with E-state index in [1.165, 1.54) is 49.1 Å². The van der Waals surface area contributed by atoms with Crippen LogP contribution < -0.4 is 20.1 Å². The molecule has 3 fully saturated rings. The van der Waals surface area contributed by atoms with E-state index in [1.807, 2.05) is 42.6 Å². The molecule has 4 heterocycles. The number of nitro groups is 1. The van der Waals surface area contributed by atoms with Crippen molar-refractivity contribution in [3.63, 3.8) is 0 Å². The van der Waals surface area contributed by atoms with Crippen LogP contribution in [0.4, 0.5) is 17.1 Å². The van der Waals surface area contributed by atoms with Crippen LogP contribution in [0.15, 0.2) is 94.6 Å². The maximum absolute atomic E-state index is 13.9. The Morgan fingerprint density at radius 3 is 2.65 bits per heavy atom. The van der Waals surface area contributed by atoms with E-state index in [0.717, 1.165) is 92.1 Å². The number of ether oxygens (including phenoxy) is 2. The number of aromatic nitrogens is 2. The molecule has 0 radical (unpaired) electrons. The number of aliphatic imine (C=N–C) groups is 1. The molecule has 1 amide bonds. The zero-order valence-electron chi connectivity index (χ0n) is 34.6. The molecule has 1 spiro atoms. The number of nitrogens with two attached hydrogens (primary N) is 1. The third-order valence-corrected chi connectivity index (χ3v) is 14.1. The van der Waals surface area contributed by atoms with Crippen molar-refractivity contribution in [2.24, 2.45) is 16.3 Å². The second-order valence-electron chi connectivity index (χ2n) is 17.0. The average Bonchev–Trinajstić information content (AvgIpc) is 3.75. The summed E-state index contributed by atoms with van der Waals surface area (Å²) < 4.78 is 14.7. The molecule has 322 valence electrons.